The van der Waals surface area contributed by atoms with Gasteiger partial charge in [0.25, 0.3) is 0 Å². The minimum absolute atomic E-state index is 0.886. The topological polar surface area (TPSA) is 21.3 Å². The van der Waals surface area contributed by atoms with Crippen LogP contribution in [0.25, 0.3) is 93.6 Å². The minimum atomic E-state index is 0.886. The molecule has 2 aromatic heterocycles. The number of hydrogen-bond acceptors (Lipinski definition) is 2. The van der Waals surface area contributed by atoms with Crippen LogP contribution in [-0.4, -0.2) is 4.57 Å². The molecule has 0 radical (unpaired) electrons. The molecule has 0 N–H and O–H groups in total. The van der Waals surface area contributed by atoms with Crippen LogP contribution in [0.5, 0.6) is 0 Å². The number of rotatable bonds is 7. The van der Waals surface area contributed by atoms with Crippen molar-refractivity contribution in [1.29, 1.82) is 0 Å². The quantitative estimate of drug-likeness (QED) is 0.161. The molecule has 10 aromatic carbocycles. The highest BCUT2D eigenvalue weighted by molar-refractivity contribution is 6.14. The molecule has 3 heteroatoms. The lowest BCUT2D eigenvalue weighted by atomic mass is 9.96. The molecule has 12 rings (SSSR count). The van der Waals surface area contributed by atoms with E-state index >= 15 is 0 Å². The summed E-state index contributed by atoms with van der Waals surface area (Å²) in [5, 5.41) is 7.17. The zero-order valence-electron chi connectivity index (χ0n) is 33.2. The molecule has 0 aliphatic carbocycles. The smallest absolute Gasteiger partial charge is 0.136 e. The fourth-order valence-electron chi connectivity index (χ4n) is 9.37. The van der Waals surface area contributed by atoms with Crippen molar-refractivity contribution in [3.63, 3.8) is 0 Å². The minimum Gasteiger partial charge on any atom is -0.456 e. The molecule has 0 saturated carbocycles. The monoisotopic (exact) mass is 778 g/mol. The lowest BCUT2D eigenvalue weighted by Gasteiger charge is -2.29. The molecule has 0 aliphatic rings. The second-order valence-corrected chi connectivity index (χ2v) is 15.7. The van der Waals surface area contributed by atoms with Gasteiger partial charge in [0.05, 0.1) is 22.4 Å². The van der Waals surface area contributed by atoms with Gasteiger partial charge in [0.15, 0.2) is 0 Å². The van der Waals surface area contributed by atoms with Crippen molar-refractivity contribution < 1.29 is 4.42 Å². The molecule has 286 valence electrons. The molecule has 3 nitrogen and oxygen atoms in total. The van der Waals surface area contributed by atoms with Crippen molar-refractivity contribution >= 4 is 71.6 Å². The van der Waals surface area contributed by atoms with Gasteiger partial charge in [-0.25, -0.2) is 0 Å². The Morgan fingerprint density at radius 1 is 0.328 bits per heavy atom. The van der Waals surface area contributed by atoms with Crippen LogP contribution in [0.3, 0.4) is 0 Å². The Bertz CT molecular complexity index is 3520. The molecule has 12 aromatic rings. The Morgan fingerprint density at radius 2 is 0.803 bits per heavy atom. The lowest BCUT2D eigenvalue weighted by molar-refractivity contribution is 0.669. The van der Waals surface area contributed by atoms with Crippen molar-refractivity contribution in [2.24, 2.45) is 0 Å². The first-order valence-electron chi connectivity index (χ1n) is 20.8. The number of para-hydroxylation sites is 4. The third-order valence-corrected chi connectivity index (χ3v) is 12.2. The molecule has 0 fully saturated rings. The second-order valence-electron chi connectivity index (χ2n) is 15.7. The number of nitrogens with zero attached hydrogens (tertiary/aromatic N) is 2. The standard InChI is InChI=1S/C58H38N2O/c1-2-15-46-43(13-1)14-11-24-52(46)59(55-23-9-5-18-49(55)50-20-12-26-57-58(50)51-19-6-10-25-56(51)61-57)44-35-31-41(32-36-44)39-27-29-40(30-28-39)42-33-37-45(38-34-42)60-53-21-7-3-16-47(53)48-17-4-8-22-54(48)60/h1-38H. The Labute approximate surface area is 353 Å². The first kappa shape index (κ1) is 34.9. The van der Waals surface area contributed by atoms with Gasteiger partial charge in [0, 0.05) is 43.9 Å². The Kier molecular flexibility index (Phi) is 8.17. The number of furan rings is 1. The van der Waals surface area contributed by atoms with Crippen LogP contribution in [-0.2, 0) is 0 Å². The normalized spacial score (nSPS) is 11.6. The van der Waals surface area contributed by atoms with Crippen molar-refractivity contribution in [3.05, 3.63) is 231 Å². The highest BCUT2D eigenvalue weighted by Gasteiger charge is 2.22. The van der Waals surface area contributed by atoms with Crippen LogP contribution >= 0.6 is 0 Å². The average Bonchev–Trinajstić information content (AvgIpc) is 3.89. The maximum atomic E-state index is 6.36. The Hall–Kier alpha value is -8.14. The Balaban J connectivity index is 0.906. The molecular formula is C58H38N2O. The Morgan fingerprint density at radius 3 is 1.51 bits per heavy atom. The average molecular weight is 779 g/mol. The SMILES string of the molecule is c1ccc(N(c2ccc(-c3ccc(-c4ccc(-n5c6ccccc6c6ccccc65)cc4)cc3)cc2)c2cccc3ccccc23)c(-c2cccc3oc4ccccc4c23)c1. The third-order valence-electron chi connectivity index (χ3n) is 12.2. The van der Waals surface area contributed by atoms with Crippen LogP contribution in [0.4, 0.5) is 17.1 Å². The van der Waals surface area contributed by atoms with Crippen LogP contribution < -0.4 is 4.90 Å². The third kappa shape index (κ3) is 5.82. The highest BCUT2D eigenvalue weighted by atomic mass is 16.3. The van der Waals surface area contributed by atoms with E-state index in [1.807, 2.05) is 12.1 Å². The van der Waals surface area contributed by atoms with Gasteiger partial charge in [-0.05, 0) is 93.9 Å². The van der Waals surface area contributed by atoms with E-state index in [9.17, 15) is 0 Å². The van der Waals surface area contributed by atoms with Crippen LogP contribution in [0.2, 0.25) is 0 Å². The van der Waals surface area contributed by atoms with E-state index < -0.39 is 0 Å². The zero-order chi connectivity index (χ0) is 40.3. The summed E-state index contributed by atoms with van der Waals surface area (Å²) >= 11 is 0. The summed E-state index contributed by atoms with van der Waals surface area (Å²) in [5.41, 5.74) is 15.7. The summed E-state index contributed by atoms with van der Waals surface area (Å²) in [4.78, 5) is 2.41. The van der Waals surface area contributed by atoms with E-state index in [0.29, 0.717) is 0 Å². The predicted molar refractivity (Wildman–Crippen MR) is 257 cm³/mol. The van der Waals surface area contributed by atoms with Crippen LogP contribution in [0, 0.1) is 0 Å². The van der Waals surface area contributed by atoms with Gasteiger partial charge in [-0.2, -0.15) is 0 Å². The molecule has 0 amide bonds. The van der Waals surface area contributed by atoms with E-state index in [1.54, 1.807) is 0 Å². The van der Waals surface area contributed by atoms with Crippen LogP contribution in [0.15, 0.2) is 235 Å². The molecule has 0 atom stereocenters. The summed E-state index contributed by atoms with van der Waals surface area (Å²) in [6, 6.07) is 82.9. The van der Waals surface area contributed by atoms with Crippen molar-refractivity contribution in [2.75, 3.05) is 4.90 Å². The van der Waals surface area contributed by atoms with Gasteiger partial charge in [-0.15, -0.1) is 0 Å². The summed E-state index contributed by atoms with van der Waals surface area (Å²) in [6.07, 6.45) is 0. The fraction of sp³-hybridized carbons (Fsp3) is 0. The van der Waals surface area contributed by atoms with E-state index in [0.717, 1.165) is 61.4 Å². The van der Waals surface area contributed by atoms with Gasteiger partial charge in [-0.1, -0.05) is 170 Å². The van der Waals surface area contributed by atoms with Gasteiger partial charge in [-0.3, -0.25) is 0 Å². The summed E-state index contributed by atoms with van der Waals surface area (Å²) in [6.45, 7) is 0. The number of fused-ring (bicyclic) bond motifs is 7. The molecule has 0 saturated heterocycles. The maximum absolute atomic E-state index is 6.36. The number of aromatic nitrogens is 1. The molecule has 61 heavy (non-hydrogen) atoms. The number of hydrogen-bond donors (Lipinski definition) is 0. The van der Waals surface area contributed by atoms with Crippen LogP contribution in [0.1, 0.15) is 0 Å². The van der Waals surface area contributed by atoms with Gasteiger partial charge >= 0.3 is 0 Å². The first-order valence-corrected chi connectivity index (χ1v) is 20.8. The van der Waals surface area contributed by atoms with Gasteiger partial charge in [0.2, 0.25) is 0 Å². The number of benzene rings is 10. The van der Waals surface area contributed by atoms with Crippen molar-refractivity contribution in [2.45, 2.75) is 0 Å². The summed E-state index contributed by atoms with van der Waals surface area (Å²) in [5.74, 6) is 0. The maximum Gasteiger partial charge on any atom is 0.136 e. The molecule has 2 heterocycles. The second kappa shape index (κ2) is 14.3. The molecule has 0 bridgehead atoms. The lowest BCUT2D eigenvalue weighted by Crippen LogP contribution is -2.11. The summed E-state index contributed by atoms with van der Waals surface area (Å²) < 4.78 is 8.72. The molecular weight excluding hydrogens is 741 g/mol. The zero-order valence-corrected chi connectivity index (χ0v) is 33.2. The molecule has 0 aliphatic heterocycles. The van der Waals surface area contributed by atoms with E-state index in [4.69, 9.17) is 4.42 Å². The van der Waals surface area contributed by atoms with Gasteiger partial charge < -0.3 is 13.9 Å². The van der Waals surface area contributed by atoms with Crippen molar-refractivity contribution in [1.82, 2.24) is 4.57 Å². The highest BCUT2D eigenvalue weighted by Crippen LogP contribution is 2.46. The fourth-order valence-corrected chi connectivity index (χ4v) is 9.37. The van der Waals surface area contributed by atoms with E-state index in [-0.39, 0.29) is 0 Å². The van der Waals surface area contributed by atoms with E-state index in [2.05, 4.69) is 228 Å². The largest absolute Gasteiger partial charge is 0.456 e. The molecule has 0 spiro atoms. The van der Waals surface area contributed by atoms with Gasteiger partial charge in [0.1, 0.15) is 11.2 Å². The number of anilines is 3. The van der Waals surface area contributed by atoms with Crippen molar-refractivity contribution in [3.8, 4) is 39.1 Å². The molecule has 0 unspecified atom stereocenters. The summed E-state index contributed by atoms with van der Waals surface area (Å²) in [7, 11) is 0. The predicted octanol–water partition coefficient (Wildman–Crippen LogP) is 16.3. The first-order chi connectivity index (χ1) is 30.3. The van der Waals surface area contributed by atoms with E-state index in [1.165, 1.54) is 49.3 Å².